The van der Waals surface area contributed by atoms with Gasteiger partial charge in [-0.25, -0.2) is 9.78 Å². The third kappa shape index (κ3) is 7.22. The lowest BCUT2D eigenvalue weighted by atomic mass is 10.1. The van der Waals surface area contributed by atoms with Crippen molar-refractivity contribution < 1.29 is 23.8 Å². The fraction of sp³-hybridized carbons (Fsp3) is 0.464. The number of para-hydroxylation sites is 1. The molecule has 1 heterocycles. The highest BCUT2D eigenvalue weighted by Gasteiger charge is 2.30. The lowest BCUT2D eigenvalue weighted by Crippen LogP contribution is -2.47. The molecule has 0 fully saturated rings. The van der Waals surface area contributed by atoms with Crippen molar-refractivity contribution in [1.29, 1.82) is 0 Å². The molecule has 0 aliphatic carbocycles. The summed E-state index contributed by atoms with van der Waals surface area (Å²) >= 11 is 0. The number of carbonyl (C=O) groups is 2. The maximum absolute atomic E-state index is 13.1. The highest BCUT2D eigenvalue weighted by atomic mass is 16.5. The Morgan fingerprint density at radius 2 is 1.81 bits per heavy atom. The Bertz CT molecular complexity index is 1200. The number of likely N-dealkylation sites (N-methyl/N-ethyl adjacent to an activating group) is 1. The molecule has 1 amide bonds. The summed E-state index contributed by atoms with van der Waals surface area (Å²) in [6, 6.07) is 14.3. The summed E-state index contributed by atoms with van der Waals surface area (Å²) < 4.78 is 18.7. The van der Waals surface area contributed by atoms with E-state index in [1.165, 1.54) is 12.0 Å². The Morgan fingerprint density at radius 3 is 2.43 bits per heavy atom. The Labute approximate surface area is 218 Å². The van der Waals surface area contributed by atoms with Gasteiger partial charge in [0.15, 0.2) is 6.04 Å². The number of aromatic nitrogens is 2. The van der Waals surface area contributed by atoms with Crippen molar-refractivity contribution in [1.82, 2.24) is 14.5 Å². The molecule has 0 aliphatic heterocycles. The molecule has 9 heteroatoms. The number of methoxy groups -OCH3 is 1. The predicted molar refractivity (Wildman–Crippen MR) is 144 cm³/mol. The molecule has 3 aromatic rings. The van der Waals surface area contributed by atoms with Gasteiger partial charge in [0.1, 0.15) is 11.5 Å². The predicted octanol–water partition coefficient (Wildman–Crippen LogP) is 4.96. The molecule has 1 aromatic heterocycles. The van der Waals surface area contributed by atoms with Crippen molar-refractivity contribution in [3.8, 4) is 11.5 Å². The molecule has 2 atom stereocenters. The van der Waals surface area contributed by atoms with Crippen molar-refractivity contribution in [3.05, 3.63) is 48.5 Å². The largest absolute Gasteiger partial charge is 0.467 e. The van der Waals surface area contributed by atoms with Crippen LogP contribution < -0.4 is 10.5 Å². The molecule has 0 aliphatic rings. The van der Waals surface area contributed by atoms with Gasteiger partial charge in [-0.2, -0.15) is 0 Å². The Kier molecular flexibility index (Phi) is 9.15. The minimum Gasteiger partial charge on any atom is -0.467 e. The Balaban J connectivity index is 1.76. The number of imidazole rings is 1. The molecular weight excluding hydrogens is 472 g/mol. The summed E-state index contributed by atoms with van der Waals surface area (Å²) in [5.41, 5.74) is 7.46. The summed E-state index contributed by atoms with van der Waals surface area (Å²) in [5, 5.41) is 0. The first kappa shape index (κ1) is 28.0. The first-order valence-corrected chi connectivity index (χ1v) is 12.5. The Morgan fingerprint density at radius 1 is 1.11 bits per heavy atom. The SMILES string of the molecule is CC[C@H](CCC(=O)N(C)[C@@H](COC(C)(C)C)C(=O)OC)n1c(N)nc2ccc(Oc3ccccc3)cc21. The van der Waals surface area contributed by atoms with Crippen LogP contribution in [-0.2, 0) is 19.1 Å². The highest BCUT2D eigenvalue weighted by molar-refractivity contribution is 5.84. The number of carbonyl (C=O) groups excluding carboxylic acids is 2. The van der Waals surface area contributed by atoms with Gasteiger partial charge in [-0.05, 0) is 57.9 Å². The molecular formula is C28H38N4O5. The Hall–Kier alpha value is -3.59. The van der Waals surface area contributed by atoms with E-state index in [1.54, 1.807) is 7.05 Å². The van der Waals surface area contributed by atoms with E-state index in [2.05, 4.69) is 4.98 Å². The second-order valence-corrected chi connectivity index (χ2v) is 9.97. The van der Waals surface area contributed by atoms with Crippen LogP contribution >= 0.6 is 0 Å². The molecule has 9 nitrogen and oxygen atoms in total. The van der Waals surface area contributed by atoms with Crippen LogP contribution in [0.1, 0.15) is 53.0 Å². The number of fused-ring (bicyclic) bond motifs is 1. The van der Waals surface area contributed by atoms with Crippen LogP contribution in [-0.4, -0.2) is 58.7 Å². The van der Waals surface area contributed by atoms with E-state index in [1.807, 2.05) is 80.8 Å². The van der Waals surface area contributed by atoms with Gasteiger partial charge in [0.25, 0.3) is 0 Å². The first-order chi connectivity index (χ1) is 17.5. The normalized spacial score (nSPS) is 13.2. The number of amides is 1. The molecule has 0 saturated heterocycles. The topological polar surface area (TPSA) is 109 Å². The number of esters is 1. The quantitative estimate of drug-likeness (QED) is 0.363. The summed E-state index contributed by atoms with van der Waals surface area (Å²) in [6.07, 6.45) is 1.48. The highest BCUT2D eigenvalue weighted by Crippen LogP contribution is 2.32. The fourth-order valence-corrected chi connectivity index (χ4v) is 4.12. The lowest BCUT2D eigenvalue weighted by molar-refractivity contribution is -0.156. The van der Waals surface area contributed by atoms with E-state index >= 15 is 0 Å². The van der Waals surface area contributed by atoms with E-state index < -0.39 is 17.6 Å². The van der Waals surface area contributed by atoms with Crippen LogP contribution in [0.3, 0.4) is 0 Å². The molecule has 2 aromatic carbocycles. The molecule has 0 radical (unpaired) electrons. The van der Waals surface area contributed by atoms with Crippen molar-refractivity contribution in [2.45, 2.75) is 64.6 Å². The van der Waals surface area contributed by atoms with Gasteiger partial charge in [-0.3, -0.25) is 4.79 Å². The van der Waals surface area contributed by atoms with Gasteiger partial charge in [-0.1, -0.05) is 25.1 Å². The standard InChI is InChI=1S/C28H38N4O5/c1-7-19(13-16-25(33)31(5)24(26(34)35-6)18-36-28(2,3)4)32-23-17-21(14-15-22(23)30-27(32)29)37-20-11-9-8-10-12-20/h8-12,14-15,17,19,24H,7,13,16,18H2,1-6H3,(H2,29,30)/t19-,24+/m1/s1. The summed E-state index contributed by atoms with van der Waals surface area (Å²) in [5.74, 6) is 1.10. The summed E-state index contributed by atoms with van der Waals surface area (Å²) in [4.78, 5) is 31.4. The lowest BCUT2D eigenvalue weighted by Gasteiger charge is -2.29. The van der Waals surface area contributed by atoms with Crippen LogP contribution in [0.25, 0.3) is 11.0 Å². The van der Waals surface area contributed by atoms with Gasteiger partial charge in [0, 0.05) is 25.6 Å². The number of nitrogens with two attached hydrogens (primary N) is 1. The number of hydrogen-bond acceptors (Lipinski definition) is 7. The second-order valence-electron chi connectivity index (χ2n) is 9.97. The third-order valence-corrected chi connectivity index (χ3v) is 6.20. The van der Waals surface area contributed by atoms with Gasteiger partial charge in [0.2, 0.25) is 11.9 Å². The summed E-state index contributed by atoms with van der Waals surface area (Å²) in [7, 11) is 2.91. The monoisotopic (exact) mass is 510 g/mol. The molecule has 0 unspecified atom stereocenters. The molecule has 0 saturated carbocycles. The van der Waals surface area contributed by atoms with Gasteiger partial charge in [0.05, 0.1) is 30.4 Å². The molecule has 3 rings (SSSR count). The summed E-state index contributed by atoms with van der Waals surface area (Å²) in [6.45, 7) is 7.78. The van der Waals surface area contributed by atoms with Crippen molar-refractivity contribution >= 4 is 28.9 Å². The molecule has 0 bridgehead atoms. The van der Waals surface area contributed by atoms with Crippen molar-refractivity contribution in [3.63, 3.8) is 0 Å². The number of nitrogens with zero attached hydrogens (tertiary/aromatic N) is 3. The third-order valence-electron chi connectivity index (χ3n) is 6.20. The molecule has 200 valence electrons. The maximum Gasteiger partial charge on any atom is 0.330 e. The number of benzene rings is 2. The number of anilines is 1. The number of nitrogen functional groups attached to an aromatic ring is 1. The molecule has 2 N–H and O–H groups in total. The van der Waals surface area contributed by atoms with Crippen LogP contribution in [0.15, 0.2) is 48.5 Å². The second kappa shape index (κ2) is 12.1. The smallest absolute Gasteiger partial charge is 0.330 e. The van der Waals surface area contributed by atoms with E-state index in [9.17, 15) is 9.59 Å². The zero-order valence-corrected chi connectivity index (χ0v) is 22.6. The van der Waals surface area contributed by atoms with Crippen LogP contribution in [0.4, 0.5) is 5.95 Å². The van der Waals surface area contributed by atoms with Gasteiger partial charge in [-0.15, -0.1) is 0 Å². The zero-order chi connectivity index (χ0) is 27.2. The van der Waals surface area contributed by atoms with Crippen molar-refractivity contribution in [2.75, 3.05) is 26.5 Å². The van der Waals surface area contributed by atoms with Gasteiger partial charge >= 0.3 is 5.97 Å². The van der Waals surface area contributed by atoms with Crippen LogP contribution in [0.2, 0.25) is 0 Å². The van der Waals surface area contributed by atoms with Crippen LogP contribution in [0.5, 0.6) is 11.5 Å². The fourth-order valence-electron chi connectivity index (χ4n) is 4.12. The average Bonchev–Trinajstić information content (AvgIpc) is 3.19. The van der Waals surface area contributed by atoms with E-state index in [-0.39, 0.29) is 25.0 Å². The number of ether oxygens (including phenoxy) is 3. The number of rotatable bonds is 11. The first-order valence-electron chi connectivity index (χ1n) is 12.5. The average molecular weight is 511 g/mol. The van der Waals surface area contributed by atoms with Gasteiger partial charge < -0.3 is 29.4 Å². The zero-order valence-electron chi connectivity index (χ0n) is 22.6. The van der Waals surface area contributed by atoms with E-state index in [0.29, 0.717) is 18.1 Å². The number of hydrogen-bond donors (Lipinski definition) is 1. The molecule has 37 heavy (non-hydrogen) atoms. The minimum atomic E-state index is -0.825. The van der Waals surface area contributed by atoms with E-state index in [4.69, 9.17) is 19.9 Å². The van der Waals surface area contributed by atoms with Crippen molar-refractivity contribution in [2.24, 2.45) is 0 Å². The molecule has 0 spiro atoms. The van der Waals surface area contributed by atoms with Crippen LogP contribution in [0, 0.1) is 0 Å². The maximum atomic E-state index is 13.1. The minimum absolute atomic E-state index is 0.0545. The van der Waals surface area contributed by atoms with E-state index in [0.717, 1.165) is 23.2 Å².